The Morgan fingerprint density at radius 3 is 2.39 bits per heavy atom. The number of carbonyl (C=O) groups excluding carboxylic acids is 1. The van der Waals surface area contributed by atoms with E-state index in [1.165, 1.54) is 13.0 Å². The average molecular weight is 406 g/mol. The molecular weight excluding hydrogens is 382 g/mol. The van der Waals surface area contributed by atoms with Gasteiger partial charge in [0.25, 0.3) is 0 Å². The Hall–Kier alpha value is -2.73. The van der Waals surface area contributed by atoms with Crippen LogP contribution in [-0.4, -0.2) is 27.2 Å². The number of benzene rings is 1. The first-order chi connectivity index (χ1) is 13.0. The first-order valence-electron chi connectivity index (χ1n) is 8.73. The fraction of sp³-hybridized carbons (Fsp3) is 0.333. The van der Waals surface area contributed by atoms with Crippen LogP contribution in [0.5, 0.6) is 17.2 Å². The summed E-state index contributed by atoms with van der Waals surface area (Å²) in [5, 5.41) is 2.97. The van der Waals surface area contributed by atoms with E-state index in [0.29, 0.717) is 30.1 Å². The highest BCUT2D eigenvalue weighted by Gasteiger charge is 2.28. The van der Waals surface area contributed by atoms with Gasteiger partial charge in [-0.3, -0.25) is 9.59 Å². The van der Waals surface area contributed by atoms with E-state index >= 15 is 0 Å². The molecule has 1 aliphatic rings. The zero-order chi connectivity index (χ0) is 19.6. The maximum Gasteiger partial charge on any atom is 0.217 e. The molecule has 0 fully saturated rings. The second-order valence-electron chi connectivity index (χ2n) is 6.41. The van der Waals surface area contributed by atoms with Crippen LogP contribution >= 0.6 is 12.4 Å². The second kappa shape index (κ2) is 8.97. The molecule has 1 N–H and O–H groups in total. The topological polar surface area (TPSA) is 73.9 Å². The number of hydrogen-bond acceptors (Lipinski definition) is 5. The Morgan fingerprint density at radius 2 is 1.79 bits per heavy atom. The van der Waals surface area contributed by atoms with Gasteiger partial charge in [0.2, 0.25) is 11.7 Å². The van der Waals surface area contributed by atoms with E-state index in [4.69, 9.17) is 14.2 Å². The molecule has 0 saturated heterocycles. The molecule has 6 nitrogen and oxygen atoms in total. The van der Waals surface area contributed by atoms with Gasteiger partial charge in [-0.25, -0.2) is 0 Å². The van der Waals surface area contributed by atoms with E-state index in [9.17, 15) is 9.59 Å². The number of nitrogens with one attached hydrogen (secondary N) is 1. The average Bonchev–Trinajstić information content (AvgIpc) is 2.91. The third-order valence-electron chi connectivity index (χ3n) is 4.77. The molecule has 1 aliphatic carbocycles. The number of aryl methyl sites for hydroxylation is 1. The summed E-state index contributed by atoms with van der Waals surface area (Å²) < 4.78 is 16.7. The van der Waals surface area contributed by atoms with Crippen molar-refractivity contribution in [1.82, 2.24) is 5.32 Å². The van der Waals surface area contributed by atoms with Gasteiger partial charge in [-0.2, -0.15) is 0 Å². The molecule has 1 amide bonds. The smallest absolute Gasteiger partial charge is 0.217 e. The number of fused-ring (bicyclic) bond motifs is 3. The SMILES string of the molecule is COc1cc2c(c(OC)c1OC)-c1cccc(=O)cc1C(NC(C)=O)CC2.Cl. The minimum absolute atomic E-state index is 0. The lowest BCUT2D eigenvalue weighted by Crippen LogP contribution is -2.26. The number of halogens is 1. The molecule has 0 bridgehead atoms. The number of rotatable bonds is 4. The molecule has 150 valence electrons. The maximum atomic E-state index is 12.2. The Labute approximate surface area is 170 Å². The van der Waals surface area contributed by atoms with Crippen molar-refractivity contribution in [3.05, 3.63) is 51.7 Å². The molecule has 0 aliphatic heterocycles. The van der Waals surface area contributed by atoms with E-state index in [1.54, 1.807) is 33.5 Å². The summed E-state index contributed by atoms with van der Waals surface area (Å²) in [5.41, 5.74) is 3.35. The summed E-state index contributed by atoms with van der Waals surface area (Å²) >= 11 is 0. The fourth-order valence-electron chi connectivity index (χ4n) is 3.68. The lowest BCUT2D eigenvalue weighted by molar-refractivity contribution is -0.119. The summed E-state index contributed by atoms with van der Waals surface area (Å²) in [4.78, 5) is 23.9. The highest BCUT2D eigenvalue weighted by Crippen LogP contribution is 2.50. The highest BCUT2D eigenvalue weighted by atomic mass is 35.5. The van der Waals surface area contributed by atoms with E-state index in [1.807, 2.05) is 12.1 Å². The summed E-state index contributed by atoms with van der Waals surface area (Å²) in [7, 11) is 4.72. The Morgan fingerprint density at radius 1 is 1.07 bits per heavy atom. The summed E-state index contributed by atoms with van der Waals surface area (Å²) in [6.45, 7) is 1.48. The van der Waals surface area contributed by atoms with Crippen LogP contribution in [0.15, 0.2) is 35.1 Å². The number of amides is 1. The molecule has 2 aromatic carbocycles. The normalized spacial score (nSPS) is 14.5. The molecule has 0 saturated carbocycles. The number of methoxy groups -OCH3 is 3. The monoisotopic (exact) mass is 405 g/mol. The largest absolute Gasteiger partial charge is 0.493 e. The van der Waals surface area contributed by atoms with Gasteiger partial charge in [0.15, 0.2) is 16.9 Å². The lowest BCUT2D eigenvalue weighted by atomic mass is 9.95. The predicted molar refractivity (Wildman–Crippen MR) is 110 cm³/mol. The van der Waals surface area contributed by atoms with Gasteiger partial charge >= 0.3 is 0 Å². The van der Waals surface area contributed by atoms with Gasteiger partial charge in [-0.1, -0.05) is 12.1 Å². The summed E-state index contributed by atoms with van der Waals surface area (Å²) in [6.07, 6.45) is 1.34. The van der Waals surface area contributed by atoms with Crippen LogP contribution in [-0.2, 0) is 11.2 Å². The van der Waals surface area contributed by atoms with Crippen molar-refractivity contribution in [2.24, 2.45) is 0 Å². The van der Waals surface area contributed by atoms with Crippen molar-refractivity contribution in [1.29, 1.82) is 0 Å². The van der Waals surface area contributed by atoms with E-state index in [-0.39, 0.29) is 29.8 Å². The predicted octanol–water partition coefficient (Wildman–Crippen LogP) is 3.28. The lowest BCUT2D eigenvalue weighted by Gasteiger charge is -2.19. The first-order valence-corrected chi connectivity index (χ1v) is 8.73. The van der Waals surface area contributed by atoms with Gasteiger partial charge < -0.3 is 19.5 Å². The van der Waals surface area contributed by atoms with Crippen LogP contribution in [0.4, 0.5) is 0 Å². The molecule has 0 spiro atoms. The molecule has 0 heterocycles. The van der Waals surface area contributed by atoms with Crippen LogP contribution in [0.1, 0.15) is 30.5 Å². The number of hydrogen-bond donors (Lipinski definition) is 1. The van der Waals surface area contributed by atoms with Crippen molar-refractivity contribution in [3.8, 4) is 28.4 Å². The molecular formula is C21H24ClNO5. The van der Waals surface area contributed by atoms with E-state index in [0.717, 1.165) is 22.3 Å². The number of ether oxygens (including phenoxy) is 3. The van der Waals surface area contributed by atoms with E-state index < -0.39 is 0 Å². The van der Waals surface area contributed by atoms with Gasteiger partial charge in [-0.05, 0) is 47.7 Å². The van der Waals surface area contributed by atoms with Crippen LogP contribution in [0.25, 0.3) is 11.1 Å². The highest BCUT2D eigenvalue weighted by molar-refractivity contribution is 5.85. The van der Waals surface area contributed by atoms with Crippen molar-refractivity contribution >= 4 is 18.3 Å². The van der Waals surface area contributed by atoms with Crippen molar-refractivity contribution in [2.75, 3.05) is 21.3 Å². The second-order valence-corrected chi connectivity index (χ2v) is 6.41. The molecule has 1 unspecified atom stereocenters. The van der Waals surface area contributed by atoms with Crippen LogP contribution in [0, 0.1) is 0 Å². The zero-order valence-corrected chi connectivity index (χ0v) is 17.1. The quantitative estimate of drug-likeness (QED) is 0.844. The molecule has 0 radical (unpaired) electrons. The zero-order valence-electron chi connectivity index (χ0n) is 16.3. The standard InChI is InChI=1S/C21H23NO5.ClH/c1-12(23)22-17-9-8-13-10-18(25-2)20(26-3)21(27-4)19(13)15-7-5-6-14(24)11-16(15)17;/h5-7,10-11,17H,8-9H2,1-4H3,(H,22,23);1H. The Balaban J connectivity index is 0.00000280. The van der Waals surface area contributed by atoms with Crippen LogP contribution < -0.4 is 25.0 Å². The van der Waals surface area contributed by atoms with Gasteiger partial charge in [0, 0.05) is 12.5 Å². The minimum Gasteiger partial charge on any atom is -0.493 e. The van der Waals surface area contributed by atoms with E-state index in [2.05, 4.69) is 5.32 Å². The van der Waals surface area contributed by atoms with Crippen molar-refractivity contribution in [2.45, 2.75) is 25.8 Å². The Bertz CT molecular complexity index is 945. The first kappa shape index (κ1) is 21.6. The molecule has 0 aromatic heterocycles. The molecule has 7 heteroatoms. The molecule has 1 atom stereocenters. The number of carbonyl (C=O) groups is 1. The third-order valence-corrected chi connectivity index (χ3v) is 4.77. The Kier molecular flexibility index (Phi) is 6.91. The summed E-state index contributed by atoms with van der Waals surface area (Å²) in [5.74, 6) is 1.49. The third kappa shape index (κ3) is 3.92. The van der Waals surface area contributed by atoms with Gasteiger partial charge in [-0.15, -0.1) is 12.4 Å². The molecule has 3 rings (SSSR count). The van der Waals surface area contributed by atoms with Crippen molar-refractivity contribution < 1.29 is 19.0 Å². The van der Waals surface area contributed by atoms with Crippen LogP contribution in [0.2, 0.25) is 0 Å². The molecule has 2 aromatic rings. The summed E-state index contributed by atoms with van der Waals surface area (Å²) in [6, 6.07) is 8.35. The molecule has 28 heavy (non-hydrogen) atoms. The van der Waals surface area contributed by atoms with Gasteiger partial charge in [0.1, 0.15) is 0 Å². The van der Waals surface area contributed by atoms with Crippen LogP contribution in [0.3, 0.4) is 0 Å². The van der Waals surface area contributed by atoms with Gasteiger partial charge in [0.05, 0.1) is 27.4 Å². The minimum atomic E-state index is -0.272. The maximum absolute atomic E-state index is 12.2. The fourth-order valence-corrected chi connectivity index (χ4v) is 3.68. The van der Waals surface area contributed by atoms with Crippen molar-refractivity contribution in [3.63, 3.8) is 0 Å².